The van der Waals surface area contributed by atoms with Crippen LogP contribution in [0.5, 0.6) is 0 Å². The number of hydrogen-bond donors (Lipinski definition) is 1. The second kappa shape index (κ2) is 6.11. The lowest BCUT2D eigenvalue weighted by Gasteiger charge is -2.57. The van der Waals surface area contributed by atoms with E-state index in [2.05, 4.69) is 6.26 Å². The van der Waals surface area contributed by atoms with Crippen LogP contribution in [-0.4, -0.2) is 42.4 Å². The lowest BCUT2D eigenvalue weighted by atomic mass is 9.49. The summed E-state index contributed by atoms with van der Waals surface area (Å²) in [5, 5.41) is 0. The van der Waals surface area contributed by atoms with Crippen molar-refractivity contribution in [2.45, 2.75) is 51.0 Å². The smallest absolute Gasteiger partial charge is 0.239 e. The lowest BCUT2D eigenvalue weighted by Crippen LogP contribution is -2.53. The van der Waals surface area contributed by atoms with E-state index in [1.807, 2.05) is 11.9 Å². The Morgan fingerprint density at radius 3 is 2.24 bits per heavy atom. The van der Waals surface area contributed by atoms with Crippen molar-refractivity contribution < 1.29 is 4.79 Å². The highest BCUT2D eigenvalue weighted by Gasteiger charge is 2.51. The summed E-state index contributed by atoms with van der Waals surface area (Å²) in [6, 6.07) is -0.309. The second-order valence-corrected chi connectivity index (χ2v) is 8.99. The molecule has 1 amide bonds. The highest BCUT2D eigenvalue weighted by Crippen LogP contribution is 2.60. The number of hydrogen-bond acceptors (Lipinski definition) is 3. The van der Waals surface area contributed by atoms with Gasteiger partial charge in [0.05, 0.1) is 6.04 Å². The van der Waals surface area contributed by atoms with Gasteiger partial charge in [-0.05, 0) is 80.1 Å². The monoisotopic (exact) mass is 310 g/mol. The molecule has 4 aliphatic carbocycles. The molecule has 4 saturated carbocycles. The van der Waals surface area contributed by atoms with Crippen LogP contribution in [0.3, 0.4) is 0 Å². The molecule has 3 nitrogen and oxygen atoms in total. The normalized spacial score (nSPS) is 38.5. The van der Waals surface area contributed by atoms with Gasteiger partial charge < -0.3 is 10.6 Å². The Kier molecular flexibility index (Phi) is 4.56. The van der Waals surface area contributed by atoms with Gasteiger partial charge in [0.25, 0.3) is 0 Å². The van der Waals surface area contributed by atoms with Gasteiger partial charge in [0.15, 0.2) is 0 Å². The number of nitrogens with zero attached hydrogens (tertiary/aromatic N) is 1. The quantitative estimate of drug-likeness (QED) is 0.820. The molecule has 2 N–H and O–H groups in total. The Morgan fingerprint density at radius 2 is 1.76 bits per heavy atom. The van der Waals surface area contributed by atoms with Gasteiger partial charge in [-0.2, -0.15) is 11.8 Å². The highest BCUT2D eigenvalue weighted by atomic mass is 32.2. The molecule has 4 rings (SSSR count). The van der Waals surface area contributed by atoms with Crippen molar-refractivity contribution in [1.82, 2.24) is 4.90 Å². The number of likely N-dealkylation sites (N-methyl/N-ethyl adjacent to an activating group) is 1. The number of thioether (sulfide) groups is 1. The number of carbonyl (C=O) groups excluding carboxylic acids is 1. The van der Waals surface area contributed by atoms with E-state index in [9.17, 15) is 4.79 Å². The van der Waals surface area contributed by atoms with Gasteiger partial charge in [0.2, 0.25) is 5.91 Å². The minimum atomic E-state index is -0.309. The average Bonchev–Trinajstić information content (AvgIpc) is 2.41. The first-order valence-electron chi connectivity index (χ1n) is 8.51. The van der Waals surface area contributed by atoms with Crippen LogP contribution in [0.2, 0.25) is 0 Å². The number of nitrogens with two attached hydrogens (primary N) is 1. The fraction of sp³-hybridized carbons (Fsp3) is 0.941. The Morgan fingerprint density at radius 1 is 1.24 bits per heavy atom. The summed E-state index contributed by atoms with van der Waals surface area (Å²) in [7, 11) is 1.97. The van der Waals surface area contributed by atoms with Gasteiger partial charge in [0.1, 0.15) is 0 Å². The first-order chi connectivity index (χ1) is 10.0. The molecule has 4 bridgehead atoms. The van der Waals surface area contributed by atoms with Crippen molar-refractivity contribution >= 4 is 17.7 Å². The lowest BCUT2D eigenvalue weighted by molar-refractivity contribution is -0.136. The topological polar surface area (TPSA) is 46.3 Å². The first-order valence-corrected chi connectivity index (χ1v) is 9.90. The van der Waals surface area contributed by atoms with Gasteiger partial charge in [-0.1, -0.05) is 0 Å². The molecule has 0 spiro atoms. The van der Waals surface area contributed by atoms with Gasteiger partial charge in [0, 0.05) is 13.6 Å². The number of carbonyl (C=O) groups is 1. The molecule has 0 radical (unpaired) electrons. The maximum absolute atomic E-state index is 12.5. The Hall–Kier alpha value is -0.220. The minimum absolute atomic E-state index is 0.153. The Balaban J connectivity index is 1.59. The summed E-state index contributed by atoms with van der Waals surface area (Å²) < 4.78 is 0. The molecule has 0 saturated heterocycles. The number of rotatable bonds is 6. The summed E-state index contributed by atoms with van der Waals surface area (Å²) in [5.74, 6) is 3.97. The third-order valence-electron chi connectivity index (χ3n) is 6.06. The molecule has 120 valence electrons. The zero-order chi connectivity index (χ0) is 15.0. The van der Waals surface area contributed by atoms with Crippen molar-refractivity contribution in [3.8, 4) is 0 Å². The van der Waals surface area contributed by atoms with Gasteiger partial charge in [-0.3, -0.25) is 4.79 Å². The summed E-state index contributed by atoms with van der Waals surface area (Å²) in [6.45, 7) is 0.947. The molecule has 0 heterocycles. The predicted octanol–water partition coefficient (Wildman–Crippen LogP) is 2.74. The minimum Gasteiger partial charge on any atom is -0.344 e. The third kappa shape index (κ3) is 3.26. The molecular formula is C17H30N2OS. The van der Waals surface area contributed by atoms with Crippen molar-refractivity contribution in [2.75, 3.05) is 25.6 Å². The van der Waals surface area contributed by atoms with E-state index < -0.39 is 0 Å². The molecule has 0 aromatic rings. The fourth-order valence-electron chi connectivity index (χ4n) is 5.72. The third-order valence-corrected chi connectivity index (χ3v) is 6.71. The van der Waals surface area contributed by atoms with E-state index in [0.717, 1.165) is 36.5 Å². The largest absolute Gasteiger partial charge is 0.344 e. The maximum Gasteiger partial charge on any atom is 0.239 e. The van der Waals surface area contributed by atoms with Gasteiger partial charge in [-0.25, -0.2) is 0 Å². The second-order valence-electron chi connectivity index (χ2n) is 8.00. The molecule has 4 aliphatic rings. The molecule has 0 aromatic carbocycles. The fourth-order valence-corrected chi connectivity index (χ4v) is 6.21. The molecule has 4 fully saturated rings. The van der Waals surface area contributed by atoms with Crippen LogP contribution in [0.4, 0.5) is 0 Å². The zero-order valence-electron chi connectivity index (χ0n) is 13.5. The van der Waals surface area contributed by atoms with Crippen molar-refractivity contribution in [1.29, 1.82) is 0 Å². The van der Waals surface area contributed by atoms with Crippen LogP contribution in [0.1, 0.15) is 44.9 Å². The van der Waals surface area contributed by atoms with Crippen LogP contribution < -0.4 is 5.73 Å². The SMILES string of the molecule is CSCC[C@@H](N)C(=O)N(C)CC12CC3CC(CC(C3)C1)C2. The molecule has 0 aliphatic heterocycles. The highest BCUT2D eigenvalue weighted by molar-refractivity contribution is 7.98. The van der Waals surface area contributed by atoms with Crippen LogP contribution >= 0.6 is 11.8 Å². The Labute approximate surface area is 133 Å². The summed E-state index contributed by atoms with van der Waals surface area (Å²) >= 11 is 1.76. The van der Waals surface area contributed by atoms with Crippen LogP contribution in [0.25, 0.3) is 0 Å². The molecular weight excluding hydrogens is 280 g/mol. The summed E-state index contributed by atoms with van der Waals surface area (Å²) in [5.41, 5.74) is 6.50. The standard InChI is InChI=1S/C17H30N2OS/c1-19(16(20)15(18)3-4-21-2)11-17-8-12-5-13(9-17)7-14(6-12)10-17/h12-15H,3-11,18H2,1-2H3/t12?,13?,14?,15-,17?/m1/s1. The zero-order valence-corrected chi connectivity index (χ0v) is 14.3. The summed E-state index contributed by atoms with van der Waals surface area (Å²) in [6.07, 6.45) is 11.3. The number of amides is 1. The van der Waals surface area contributed by atoms with E-state index in [1.54, 1.807) is 11.8 Å². The maximum atomic E-state index is 12.5. The molecule has 0 unspecified atom stereocenters. The van der Waals surface area contributed by atoms with Crippen LogP contribution in [-0.2, 0) is 4.79 Å². The van der Waals surface area contributed by atoms with E-state index in [1.165, 1.54) is 38.5 Å². The van der Waals surface area contributed by atoms with E-state index >= 15 is 0 Å². The molecule has 0 aromatic heterocycles. The van der Waals surface area contributed by atoms with Crippen molar-refractivity contribution in [3.63, 3.8) is 0 Å². The van der Waals surface area contributed by atoms with Crippen LogP contribution in [0, 0.1) is 23.2 Å². The predicted molar refractivity (Wildman–Crippen MR) is 89.2 cm³/mol. The molecule has 4 heteroatoms. The van der Waals surface area contributed by atoms with Crippen molar-refractivity contribution in [3.05, 3.63) is 0 Å². The van der Waals surface area contributed by atoms with Crippen LogP contribution in [0.15, 0.2) is 0 Å². The molecule has 1 atom stereocenters. The Bertz CT molecular complexity index is 363. The van der Waals surface area contributed by atoms with E-state index in [0.29, 0.717) is 5.41 Å². The van der Waals surface area contributed by atoms with Gasteiger partial charge >= 0.3 is 0 Å². The van der Waals surface area contributed by atoms with E-state index in [4.69, 9.17) is 5.73 Å². The van der Waals surface area contributed by atoms with Gasteiger partial charge in [-0.15, -0.1) is 0 Å². The summed E-state index contributed by atoms with van der Waals surface area (Å²) in [4.78, 5) is 14.4. The molecule has 21 heavy (non-hydrogen) atoms. The first kappa shape index (κ1) is 15.7. The van der Waals surface area contributed by atoms with E-state index in [-0.39, 0.29) is 11.9 Å². The average molecular weight is 311 g/mol. The van der Waals surface area contributed by atoms with Crippen molar-refractivity contribution in [2.24, 2.45) is 28.9 Å².